The first-order valence-electron chi connectivity index (χ1n) is 8.32. The summed E-state index contributed by atoms with van der Waals surface area (Å²) in [6.07, 6.45) is 2.52. The Kier molecular flexibility index (Phi) is 5.07. The molecule has 1 aliphatic rings. The normalized spacial score (nSPS) is 14.4. The van der Waals surface area contributed by atoms with E-state index in [9.17, 15) is 4.79 Å². The molecular weight excluding hydrogens is 318 g/mol. The van der Waals surface area contributed by atoms with Gasteiger partial charge < -0.3 is 19.7 Å². The number of hydrogen-bond donors (Lipinski definition) is 1. The molecule has 0 saturated carbocycles. The molecule has 1 N–H and O–H groups in total. The molecular formula is C19H23N3O3. The van der Waals surface area contributed by atoms with Crippen molar-refractivity contribution < 1.29 is 14.3 Å². The van der Waals surface area contributed by atoms with Gasteiger partial charge in [0.2, 0.25) is 0 Å². The highest BCUT2D eigenvalue weighted by Crippen LogP contribution is 2.33. The highest BCUT2D eigenvalue weighted by atomic mass is 16.5. The van der Waals surface area contributed by atoms with E-state index in [1.807, 2.05) is 42.2 Å². The van der Waals surface area contributed by atoms with E-state index in [0.717, 1.165) is 23.4 Å². The molecule has 2 aromatic rings. The number of nitrogens with one attached hydrogen (secondary N) is 1. The van der Waals surface area contributed by atoms with Gasteiger partial charge in [0.25, 0.3) is 0 Å². The maximum atomic E-state index is 12.6. The van der Waals surface area contributed by atoms with Gasteiger partial charge in [-0.3, -0.25) is 4.98 Å². The SMILES string of the molecule is COc1cc2c(cc1OC)CN(C(=O)N[C@H](C)c1ccccn1)CC2. The van der Waals surface area contributed by atoms with Crippen LogP contribution in [0.25, 0.3) is 0 Å². The van der Waals surface area contributed by atoms with Crippen LogP contribution in [-0.2, 0) is 13.0 Å². The monoisotopic (exact) mass is 341 g/mol. The smallest absolute Gasteiger partial charge is 0.318 e. The summed E-state index contributed by atoms with van der Waals surface area (Å²) in [5, 5.41) is 3.02. The second kappa shape index (κ2) is 7.42. The third-order valence-corrected chi connectivity index (χ3v) is 4.48. The summed E-state index contributed by atoms with van der Waals surface area (Å²) in [4.78, 5) is 18.7. The number of carbonyl (C=O) groups excluding carboxylic acids is 1. The maximum Gasteiger partial charge on any atom is 0.318 e. The number of rotatable bonds is 4. The van der Waals surface area contributed by atoms with Crippen molar-refractivity contribution in [3.8, 4) is 11.5 Å². The van der Waals surface area contributed by atoms with E-state index in [1.54, 1.807) is 20.4 Å². The van der Waals surface area contributed by atoms with Crippen molar-refractivity contribution in [2.45, 2.75) is 25.9 Å². The summed E-state index contributed by atoms with van der Waals surface area (Å²) in [6, 6.07) is 9.42. The lowest BCUT2D eigenvalue weighted by molar-refractivity contribution is 0.188. The average Bonchev–Trinajstić information content (AvgIpc) is 2.66. The van der Waals surface area contributed by atoms with Crippen molar-refractivity contribution in [3.63, 3.8) is 0 Å². The molecule has 3 rings (SSSR count). The molecule has 6 nitrogen and oxygen atoms in total. The van der Waals surface area contributed by atoms with Crippen molar-refractivity contribution in [3.05, 3.63) is 53.3 Å². The Balaban J connectivity index is 1.70. The van der Waals surface area contributed by atoms with Gasteiger partial charge in [0.1, 0.15) is 0 Å². The summed E-state index contributed by atoms with van der Waals surface area (Å²) < 4.78 is 10.7. The molecule has 132 valence electrons. The highest BCUT2D eigenvalue weighted by Gasteiger charge is 2.24. The molecule has 0 bridgehead atoms. The summed E-state index contributed by atoms with van der Waals surface area (Å²) in [5.74, 6) is 1.41. The van der Waals surface area contributed by atoms with Crippen LogP contribution in [0.1, 0.15) is 29.8 Å². The summed E-state index contributed by atoms with van der Waals surface area (Å²) in [5.41, 5.74) is 3.13. The van der Waals surface area contributed by atoms with E-state index in [-0.39, 0.29) is 12.1 Å². The van der Waals surface area contributed by atoms with Crippen LogP contribution in [0, 0.1) is 0 Å². The fourth-order valence-electron chi connectivity index (χ4n) is 3.04. The molecule has 0 spiro atoms. The van der Waals surface area contributed by atoms with Gasteiger partial charge in [-0.2, -0.15) is 0 Å². The zero-order chi connectivity index (χ0) is 17.8. The molecule has 6 heteroatoms. The molecule has 1 atom stereocenters. The lowest BCUT2D eigenvalue weighted by atomic mass is 9.99. The van der Waals surface area contributed by atoms with E-state index in [1.165, 1.54) is 5.56 Å². The largest absolute Gasteiger partial charge is 0.493 e. The topological polar surface area (TPSA) is 63.7 Å². The zero-order valence-corrected chi connectivity index (χ0v) is 14.8. The van der Waals surface area contributed by atoms with Crippen LogP contribution in [0.5, 0.6) is 11.5 Å². The predicted octanol–water partition coefficient (Wildman–Crippen LogP) is 2.93. The van der Waals surface area contributed by atoms with Crippen LogP contribution in [0.4, 0.5) is 4.79 Å². The van der Waals surface area contributed by atoms with Gasteiger partial charge in [0.15, 0.2) is 11.5 Å². The van der Waals surface area contributed by atoms with Crippen LogP contribution in [0.15, 0.2) is 36.5 Å². The first-order chi connectivity index (χ1) is 12.1. The van der Waals surface area contributed by atoms with Crippen molar-refractivity contribution in [1.82, 2.24) is 15.2 Å². The standard InChI is InChI=1S/C19H23N3O3/c1-13(16-6-4-5-8-20-16)21-19(23)22-9-7-14-10-17(24-2)18(25-3)11-15(14)12-22/h4-6,8,10-11,13H,7,9,12H2,1-3H3,(H,21,23)/t13-/m1/s1. The molecule has 0 aliphatic carbocycles. The highest BCUT2D eigenvalue weighted by molar-refractivity contribution is 5.75. The Hall–Kier alpha value is -2.76. The zero-order valence-electron chi connectivity index (χ0n) is 14.8. The Labute approximate surface area is 147 Å². The lowest BCUT2D eigenvalue weighted by Crippen LogP contribution is -2.43. The number of hydrogen-bond acceptors (Lipinski definition) is 4. The first-order valence-corrected chi connectivity index (χ1v) is 8.32. The molecule has 1 aromatic carbocycles. The van der Waals surface area contributed by atoms with E-state index in [4.69, 9.17) is 9.47 Å². The van der Waals surface area contributed by atoms with E-state index >= 15 is 0 Å². The Bertz CT molecular complexity index is 749. The number of urea groups is 1. The number of pyridine rings is 1. The van der Waals surface area contributed by atoms with Crippen LogP contribution >= 0.6 is 0 Å². The number of amides is 2. The Morgan fingerprint density at radius 2 is 1.92 bits per heavy atom. The van der Waals surface area contributed by atoms with Crippen molar-refractivity contribution >= 4 is 6.03 Å². The van der Waals surface area contributed by atoms with Gasteiger partial charge in [-0.1, -0.05) is 6.07 Å². The van der Waals surface area contributed by atoms with Crippen LogP contribution < -0.4 is 14.8 Å². The molecule has 2 heterocycles. The Morgan fingerprint density at radius 3 is 2.56 bits per heavy atom. The summed E-state index contributed by atoms with van der Waals surface area (Å²) in [6.45, 7) is 3.16. The second-order valence-electron chi connectivity index (χ2n) is 6.07. The number of ether oxygens (including phenoxy) is 2. The minimum absolute atomic E-state index is 0.0846. The van der Waals surface area contributed by atoms with Gasteiger partial charge >= 0.3 is 6.03 Å². The molecule has 0 radical (unpaired) electrons. The molecule has 25 heavy (non-hydrogen) atoms. The number of benzene rings is 1. The van der Waals surface area contributed by atoms with Crippen LogP contribution in [0.2, 0.25) is 0 Å². The van der Waals surface area contributed by atoms with Gasteiger partial charge in [-0.25, -0.2) is 4.79 Å². The molecule has 1 aliphatic heterocycles. The molecule has 0 saturated heterocycles. The minimum Gasteiger partial charge on any atom is -0.493 e. The van der Waals surface area contributed by atoms with Crippen LogP contribution in [-0.4, -0.2) is 36.7 Å². The van der Waals surface area contributed by atoms with Gasteiger partial charge in [-0.15, -0.1) is 0 Å². The second-order valence-corrected chi connectivity index (χ2v) is 6.07. The van der Waals surface area contributed by atoms with Gasteiger partial charge in [0.05, 0.1) is 26.0 Å². The fraction of sp³-hybridized carbons (Fsp3) is 0.368. The van der Waals surface area contributed by atoms with Crippen LogP contribution in [0.3, 0.4) is 0 Å². The Morgan fingerprint density at radius 1 is 1.20 bits per heavy atom. The van der Waals surface area contributed by atoms with Crippen molar-refractivity contribution in [2.75, 3.05) is 20.8 Å². The lowest BCUT2D eigenvalue weighted by Gasteiger charge is -2.30. The number of nitrogens with zero attached hydrogens (tertiary/aromatic N) is 2. The minimum atomic E-state index is -0.138. The predicted molar refractivity (Wildman–Crippen MR) is 94.8 cm³/mol. The number of fused-ring (bicyclic) bond motifs is 1. The molecule has 1 aromatic heterocycles. The van der Waals surface area contributed by atoms with E-state index < -0.39 is 0 Å². The molecule has 0 fully saturated rings. The third kappa shape index (κ3) is 3.68. The number of methoxy groups -OCH3 is 2. The third-order valence-electron chi connectivity index (χ3n) is 4.48. The number of carbonyl (C=O) groups is 1. The van der Waals surface area contributed by atoms with Crippen molar-refractivity contribution in [1.29, 1.82) is 0 Å². The number of aromatic nitrogens is 1. The average molecular weight is 341 g/mol. The van der Waals surface area contributed by atoms with Gasteiger partial charge in [-0.05, 0) is 48.7 Å². The van der Waals surface area contributed by atoms with Gasteiger partial charge in [0, 0.05) is 19.3 Å². The van der Waals surface area contributed by atoms with E-state index in [2.05, 4.69) is 10.3 Å². The quantitative estimate of drug-likeness (QED) is 0.929. The fourth-order valence-corrected chi connectivity index (χ4v) is 3.04. The summed E-state index contributed by atoms with van der Waals surface area (Å²) >= 11 is 0. The molecule has 0 unspecified atom stereocenters. The van der Waals surface area contributed by atoms with E-state index in [0.29, 0.717) is 18.8 Å². The van der Waals surface area contributed by atoms with Crippen molar-refractivity contribution in [2.24, 2.45) is 0 Å². The molecule has 2 amide bonds. The summed E-state index contributed by atoms with van der Waals surface area (Å²) in [7, 11) is 3.25. The maximum absolute atomic E-state index is 12.6. The first kappa shape index (κ1) is 17.1.